The van der Waals surface area contributed by atoms with E-state index in [0.29, 0.717) is 18.8 Å². The van der Waals surface area contributed by atoms with Gasteiger partial charge in [0.15, 0.2) is 5.82 Å². The Kier molecular flexibility index (Phi) is 5.95. The van der Waals surface area contributed by atoms with Crippen molar-refractivity contribution in [1.29, 1.82) is 0 Å². The minimum absolute atomic E-state index is 0.402. The number of alkyl carbamates (subject to hydrolysis) is 1. The Morgan fingerprint density at radius 1 is 1.42 bits per heavy atom. The Morgan fingerprint density at radius 3 is 2.63 bits per heavy atom. The molecular weight excluding hydrogens is 310 g/mol. The van der Waals surface area contributed by atoms with Crippen LogP contribution in [0.4, 0.5) is 4.79 Å². The van der Waals surface area contributed by atoms with Crippen LogP contribution in [0, 0.1) is 0 Å². The number of nitrogens with zero attached hydrogens (tertiary/aromatic N) is 2. The minimum Gasteiger partial charge on any atom is -0.444 e. The van der Waals surface area contributed by atoms with Crippen molar-refractivity contribution in [2.24, 2.45) is 0 Å². The zero-order valence-corrected chi connectivity index (χ0v) is 12.9. The molecule has 0 bridgehead atoms. The lowest BCUT2D eigenvalue weighted by atomic mass is 10.2. The van der Waals surface area contributed by atoms with Gasteiger partial charge in [0.25, 0.3) is 0 Å². The molecule has 1 aromatic heterocycles. The fourth-order valence-electron chi connectivity index (χ4n) is 1.17. The molecule has 1 aromatic rings. The molecule has 1 N–H and O–H groups in total. The van der Waals surface area contributed by atoms with Gasteiger partial charge in [-0.3, -0.25) is 0 Å². The van der Waals surface area contributed by atoms with Crippen LogP contribution < -0.4 is 5.32 Å². The number of nitrogens with one attached hydrogen (secondary N) is 1. The van der Waals surface area contributed by atoms with Crippen molar-refractivity contribution in [3.05, 3.63) is 28.8 Å². The molecule has 0 fully saturated rings. The van der Waals surface area contributed by atoms with Crippen LogP contribution in [0.15, 0.2) is 22.9 Å². The van der Waals surface area contributed by atoms with Crippen LogP contribution in [0.25, 0.3) is 6.08 Å². The third kappa shape index (κ3) is 7.56. The molecule has 6 heteroatoms. The lowest BCUT2D eigenvalue weighted by Gasteiger charge is -2.19. The van der Waals surface area contributed by atoms with E-state index in [9.17, 15) is 4.79 Å². The second-order valence-corrected chi connectivity index (χ2v) is 5.79. The summed E-state index contributed by atoms with van der Waals surface area (Å²) in [7, 11) is 0. The van der Waals surface area contributed by atoms with Gasteiger partial charge < -0.3 is 10.1 Å². The van der Waals surface area contributed by atoms with E-state index < -0.39 is 11.7 Å². The van der Waals surface area contributed by atoms with Crippen LogP contribution in [-0.2, 0) is 4.74 Å². The number of aromatic nitrogens is 2. The predicted molar refractivity (Wildman–Crippen MR) is 77.6 cm³/mol. The highest BCUT2D eigenvalue weighted by Crippen LogP contribution is 2.06. The van der Waals surface area contributed by atoms with Gasteiger partial charge in [0.05, 0.1) is 4.47 Å². The lowest BCUT2D eigenvalue weighted by Crippen LogP contribution is -2.32. The van der Waals surface area contributed by atoms with Crippen molar-refractivity contribution in [2.45, 2.75) is 32.8 Å². The van der Waals surface area contributed by atoms with E-state index in [4.69, 9.17) is 4.74 Å². The maximum absolute atomic E-state index is 11.3. The van der Waals surface area contributed by atoms with Crippen molar-refractivity contribution in [2.75, 3.05) is 6.54 Å². The Labute approximate surface area is 121 Å². The van der Waals surface area contributed by atoms with Crippen LogP contribution >= 0.6 is 15.9 Å². The maximum Gasteiger partial charge on any atom is 0.407 e. The second kappa shape index (κ2) is 7.23. The third-order valence-corrected chi connectivity index (χ3v) is 2.30. The van der Waals surface area contributed by atoms with Crippen molar-refractivity contribution in [1.82, 2.24) is 15.3 Å². The highest BCUT2D eigenvalue weighted by Gasteiger charge is 2.15. The number of carbonyl (C=O) groups excluding carboxylic acids is 1. The number of ether oxygens (including phenoxy) is 1. The summed E-state index contributed by atoms with van der Waals surface area (Å²) in [5.41, 5.74) is -0.467. The molecule has 0 spiro atoms. The van der Waals surface area contributed by atoms with Gasteiger partial charge in [-0.1, -0.05) is 6.08 Å². The average molecular weight is 328 g/mol. The molecule has 0 radical (unpaired) electrons. The first-order chi connectivity index (χ1) is 8.87. The molecule has 1 amide bonds. The van der Waals surface area contributed by atoms with E-state index >= 15 is 0 Å². The first kappa shape index (κ1) is 15.6. The fraction of sp³-hybridized carbons (Fsp3) is 0.462. The van der Waals surface area contributed by atoms with Gasteiger partial charge in [0.1, 0.15) is 5.60 Å². The molecule has 0 atom stereocenters. The lowest BCUT2D eigenvalue weighted by molar-refractivity contribution is 0.0529. The molecule has 0 saturated carbocycles. The quantitative estimate of drug-likeness (QED) is 0.862. The maximum atomic E-state index is 11.3. The van der Waals surface area contributed by atoms with E-state index in [0.717, 1.165) is 4.47 Å². The summed E-state index contributed by atoms with van der Waals surface area (Å²) in [5, 5.41) is 2.67. The van der Waals surface area contributed by atoms with E-state index in [2.05, 4.69) is 31.2 Å². The van der Waals surface area contributed by atoms with E-state index in [1.54, 1.807) is 12.4 Å². The van der Waals surface area contributed by atoms with Gasteiger partial charge in [0, 0.05) is 18.9 Å². The van der Waals surface area contributed by atoms with Gasteiger partial charge in [0.2, 0.25) is 0 Å². The molecule has 5 nitrogen and oxygen atoms in total. The van der Waals surface area contributed by atoms with Gasteiger partial charge in [-0.2, -0.15) is 0 Å². The third-order valence-electron chi connectivity index (χ3n) is 1.89. The number of amides is 1. The van der Waals surface area contributed by atoms with Crippen LogP contribution in [0.5, 0.6) is 0 Å². The summed E-state index contributed by atoms with van der Waals surface area (Å²) in [6, 6.07) is 0. The average Bonchev–Trinajstić information content (AvgIpc) is 2.29. The number of hydrogen-bond donors (Lipinski definition) is 1. The fourth-order valence-corrected chi connectivity index (χ4v) is 1.37. The Hall–Kier alpha value is -1.43. The molecule has 19 heavy (non-hydrogen) atoms. The molecule has 0 saturated heterocycles. The normalized spacial score (nSPS) is 11.6. The molecule has 1 rings (SSSR count). The molecule has 0 aromatic carbocycles. The van der Waals surface area contributed by atoms with Crippen molar-refractivity contribution in [3.8, 4) is 0 Å². The topological polar surface area (TPSA) is 64.1 Å². The zero-order chi connectivity index (χ0) is 14.3. The Balaban J connectivity index is 2.24. The van der Waals surface area contributed by atoms with Crippen LogP contribution in [0.3, 0.4) is 0 Å². The summed E-state index contributed by atoms with van der Waals surface area (Å²) in [4.78, 5) is 19.5. The van der Waals surface area contributed by atoms with Crippen LogP contribution in [0.1, 0.15) is 33.0 Å². The van der Waals surface area contributed by atoms with Gasteiger partial charge >= 0.3 is 6.09 Å². The highest BCUT2D eigenvalue weighted by atomic mass is 79.9. The number of hydrogen-bond acceptors (Lipinski definition) is 4. The summed E-state index contributed by atoms with van der Waals surface area (Å²) < 4.78 is 5.96. The molecule has 1 heterocycles. The van der Waals surface area contributed by atoms with Gasteiger partial charge in [-0.25, -0.2) is 14.8 Å². The zero-order valence-electron chi connectivity index (χ0n) is 11.3. The van der Waals surface area contributed by atoms with Crippen molar-refractivity contribution < 1.29 is 9.53 Å². The van der Waals surface area contributed by atoms with E-state index in [-0.39, 0.29) is 0 Å². The number of rotatable bonds is 4. The minimum atomic E-state index is -0.467. The molecule has 0 aliphatic heterocycles. The van der Waals surface area contributed by atoms with E-state index in [1.165, 1.54) is 0 Å². The monoisotopic (exact) mass is 327 g/mol. The highest BCUT2D eigenvalue weighted by molar-refractivity contribution is 9.10. The smallest absolute Gasteiger partial charge is 0.407 e. The Bertz CT molecular complexity index is 438. The Morgan fingerprint density at radius 2 is 2.05 bits per heavy atom. The number of halogens is 1. The summed E-state index contributed by atoms with van der Waals surface area (Å²) in [5.74, 6) is 0.639. The second-order valence-electron chi connectivity index (χ2n) is 4.88. The standard InChI is InChI=1S/C13H18BrN3O2/c1-13(2,3)19-12(18)15-7-5-4-6-11-16-8-10(14)9-17-11/h4,6,8-9H,5,7H2,1-3H3,(H,15,18). The molecule has 0 unspecified atom stereocenters. The first-order valence-electron chi connectivity index (χ1n) is 5.98. The largest absolute Gasteiger partial charge is 0.444 e. The van der Waals surface area contributed by atoms with Crippen molar-refractivity contribution >= 4 is 28.1 Å². The van der Waals surface area contributed by atoms with Crippen LogP contribution in [0.2, 0.25) is 0 Å². The summed E-state index contributed by atoms with van der Waals surface area (Å²) in [6.45, 7) is 6.01. The molecule has 104 valence electrons. The number of carbonyl (C=O) groups is 1. The summed E-state index contributed by atoms with van der Waals surface area (Å²) >= 11 is 3.27. The first-order valence-corrected chi connectivity index (χ1v) is 6.77. The SMILES string of the molecule is CC(C)(C)OC(=O)NCCC=Cc1ncc(Br)cn1. The van der Waals surface area contributed by atoms with Gasteiger partial charge in [-0.15, -0.1) is 0 Å². The summed E-state index contributed by atoms with van der Waals surface area (Å²) in [6.07, 6.45) is 7.38. The van der Waals surface area contributed by atoms with Crippen molar-refractivity contribution in [3.63, 3.8) is 0 Å². The molecule has 0 aliphatic carbocycles. The molecular formula is C13H18BrN3O2. The van der Waals surface area contributed by atoms with Crippen LogP contribution in [-0.4, -0.2) is 28.2 Å². The van der Waals surface area contributed by atoms with E-state index in [1.807, 2.05) is 32.9 Å². The molecule has 0 aliphatic rings. The van der Waals surface area contributed by atoms with Gasteiger partial charge in [-0.05, 0) is 49.2 Å². The predicted octanol–water partition coefficient (Wildman–Crippen LogP) is 3.17.